The molecule has 0 radical (unpaired) electrons. The topological polar surface area (TPSA) is 114 Å². The number of hydrogen-bond acceptors (Lipinski definition) is 6. The van der Waals surface area contributed by atoms with Crippen molar-refractivity contribution in [2.75, 3.05) is 13.7 Å². The second-order valence-electron chi connectivity index (χ2n) is 7.21. The molecule has 172 valence electrons. The number of halogens is 1. The molecule has 0 aromatic heterocycles. The van der Waals surface area contributed by atoms with Crippen LogP contribution in [0.3, 0.4) is 0 Å². The number of amides is 1. The zero-order valence-electron chi connectivity index (χ0n) is 17.4. The van der Waals surface area contributed by atoms with Gasteiger partial charge in [-0.1, -0.05) is 42.0 Å². The maximum absolute atomic E-state index is 12.7. The largest absolute Gasteiger partial charge is 0.497 e. The highest BCUT2D eigenvalue weighted by atomic mass is 35.5. The second kappa shape index (κ2) is 10.9. The lowest BCUT2D eigenvalue weighted by Gasteiger charge is -2.31. The molecule has 0 aliphatic carbocycles. The molecule has 0 spiro atoms. The summed E-state index contributed by atoms with van der Waals surface area (Å²) in [4.78, 5) is 12.3. The van der Waals surface area contributed by atoms with E-state index in [0.29, 0.717) is 17.3 Å². The van der Waals surface area contributed by atoms with Crippen LogP contribution < -0.4 is 14.8 Å². The van der Waals surface area contributed by atoms with Crippen molar-refractivity contribution in [2.45, 2.75) is 36.1 Å². The van der Waals surface area contributed by atoms with Crippen molar-refractivity contribution < 1.29 is 27.8 Å². The number of benzene rings is 2. The molecule has 3 N–H and O–H groups in total. The van der Waals surface area contributed by atoms with E-state index in [-0.39, 0.29) is 17.2 Å². The Labute approximate surface area is 192 Å². The van der Waals surface area contributed by atoms with E-state index in [1.165, 1.54) is 19.2 Å². The van der Waals surface area contributed by atoms with Crippen LogP contribution in [0.5, 0.6) is 5.75 Å². The summed E-state index contributed by atoms with van der Waals surface area (Å²) in [5, 5.41) is 13.1. The van der Waals surface area contributed by atoms with Crippen molar-refractivity contribution in [1.82, 2.24) is 10.0 Å². The Bertz CT molecular complexity index is 1060. The van der Waals surface area contributed by atoms with Crippen molar-refractivity contribution in [1.29, 1.82) is 0 Å². The number of aliphatic hydroxyl groups is 1. The van der Waals surface area contributed by atoms with Crippen LogP contribution in [0.4, 0.5) is 0 Å². The average Bonchev–Trinajstić information content (AvgIpc) is 2.79. The molecule has 0 unspecified atom stereocenters. The first-order valence-corrected chi connectivity index (χ1v) is 11.8. The molecule has 32 heavy (non-hydrogen) atoms. The second-order valence-corrected chi connectivity index (χ2v) is 9.36. The number of carbonyl (C=O) groups is 1. The Morgan fingerprint density at radius 1 is 1.19 bits per heavy atom. The van der Waals surface area contributed by atoms with Crippen LogP contribution in [-0.4, -0.2) is 51.4 Å². The van der Waals surface area contributed by atoms with E-state index in [2.05, 4.69) is 10.0 Å². The smallest absolute Gasteiger partial charge is 0.241 e. The first-order valence-electron chi connectivity index (χ1n) is 9.93. The number of aliphatic hydroxyl groups excluding tert-OH is 1. The van der Waals surface area contributed by atoms with E-state index in [9.17, 15) is 18.3 Å². The summed E-state index contributed by atoms with van der Waals surface area (Å²) < 4.78 is 38.8. The summed E-state index contributed by atoms with van der Waals surface area (Å²) in [5.74, 6) is 0.174. The molecule has 0 fully saturated rings. The van der Waals surface area contributed by atoms with E-state index < -0.39 is 34.9 Å². The molecule has 1 heterocycles. The predicted octanol–water partition coefficient (Wildman–Crippen LogP) is 2.02. The zero-order chi connectivity index (χ0) is 23.1. The third-order valence-electron chi connectivity index (χ3n) is 4.90. The molecule has 3 rings (SSSR count). The zero-order valence-corrected chi connectivity index (χ0v) is 19.0. The summed E-state index contributed by atoms with van der Waals surface area (Å²) in [6.45, 7) is -0.0721. The average molecular weight is 481 g/mol. The molecule has 1 aliphatic heterocycles. The number of methoxy groups -OCH3 is 1. The number of rotatable bonds is 9. The molecule has 0 bridgehead atoms. The van der Waals surface area contributed by atoms with Gasteiger partial charge in [0.1, 0.15) is 11.9 Å². The minimum absolute atomic E-state index is 0.0330. The SMILES string of the molecule is COc1cccc(S(=O)(=O)N[C@@H]2C=C[C@@H](CC(=O)NCc3ccc(Cl)cc3)O[C@H]2CO)c1. The van der Waals surface area contributed by atoms with Crippen LogP contribution in [-0.2, 0) is 26.1 Å². The Hall–Kier alpha value is -2.43. The van der Waals surface area contributed by atoms with E-state index in [0.717, 1.165) is 5.56 Å². The van der Waals surface area contributed by atoms with Gasteiger partial charge >= 0.3 is 0 Å². The monoisotopic (exact) mass is 480 g/mol. The van der Waals surface area contributed by atoms with Gasteiger partial charge in [-0.15, -0.1) is 0 Å². The third-order valence-corrected chi connectivity index (χ3v) is 6.60. The van der Waals surface area contributed by atoms with Crippen molar-refractivity contribution in [3.05, 3.63) is 71.3 Å². The van der Waals surface area contributed by atoms with Gasteiger partial charge in [-0.3, -0.25) is 4.79 Å². The Morgan fingerprint density at radius 2 is 1.94 bits per heavy atom. The molecule has 1 amide bonds. The molecule has 2 aromatic rings. The lowest BCUT2D eigenvalue weighted by atomic mass is 10.1. The number of ether oxygens (including phenoxy) is 2. The van der Waals surface area contributed by atoms with E-state index in [1.54, 1.807) is 36.4 Å². The van der Waals surface area contributed by atoms with Gasteiger partial charge in [0.05, 0.1) is 37.2 Å². The standard InChI is InChI=1S/C22H25ClN2O6S/c1-30-17-3-2-4-19(11-17)32(28,29)25-20-10-9-18(31-21(20)14-26)12-22(27)24-13-15-5-7-16(23)8-6-15/h2-11,18,20-21,25-26H,12-14H2,1H3,(H,24,27)/t18-,20+,21-/m0/s1. The summed E-state index contributed by atoms with van der Waals surface area (Å²) in [5.41, 5.74) is 0.906. The Kier molecular flexibility index (Phi) is 8.27. The van der Waals surface area contributed by atoms with E-state index in [1.807, 2.05) is 12.1 Å². The predicted molar refractivity (Wildman–Crippen MR) is 120 cm³/mol. The van der Waals surface area contributed by atoms with E-state index >= 15 is 0 Å². The molecule has 3 atom stereocenters. The minimum Gasteiger partial charge on any atom is -0.497 e. The number of sulfonamides is 1. The summed E-state index contributed by atoms with van der Waals surface area (Å²) >= 11 is 5.85. The molecular formula is C22H25ClN2O6S. The molecule has 2 aromatic carbocycles. The van der Waals surface area contributed by atoms with Gasteiger partial charge in [0.15, 0.2) is 0 Å². The Balaban J connectivity index is 1.59. The van der Waals surface area contributed by atoms with Crippen LogP contribution in [0.1, 0.15) is 12.0 Å². The first-order chi connectivity index (χ1) is 15.3. The lowest BCUT2D eigenvalue weighted by Crippen LogP contribution is -2.49. The summed E-state index contributed by atoms with van der Waals surface area (Å²) in [6, 6.07) is 12.4. The van der Waals surface area contributed by atoms with Gasteiger partial charge in [-0.2, -0.15) is 0 Å². The van der Waals surface area contributed by atoms with Crippen molar-refractivity contribution >= 4 is 27.5 Å². The van der Waals surface area contributed by atoms with Crippen LogP contribution in [0.2, 0.25) is 5.02 Å². The molecule has 1 aliphatic rings. The fourth-order valence-electron chi connectivity index (χ4n) is 3.18. The van der Waals surface area contributed by atoms with Gasteiger partial charge in [0, 0.05) is 17.6 Å². The van der Waals surface area contributed by atoms with Crippen LogP contribution in [0, 0.1) is 0 Å². The number of nitrogens with one attached hydrogen (secondary N) is 2. The van der Waals surface area contributed by atoms with E-state index in [4.69, 9.17) is 21.1 Å². The normalized spacial score (nSPS) is 20.7. The molecular weight excluding hydrogens is 456 g/mol. The lowest BCUT2D eigenvalue weighted by molar-refractivity contribution is -0.125. The van der Waals surface area contributed by atoms with Gasteiger partial charge in [0.2, 0.25) is 15.9 Å². The fourth-order valence-corrected chi connectivity index (χ4v) is 4.56. The highest BCUT2D eigenvalue weighted by Gasteiger charge is 2.31. The van der Waals surface area contributed by atoms with Crippen LogP contribution in [0.25, 0.3) is 0 Å². The number of hydrogen-bond donors (Lipinski definition) is 3. The van der Waals surface area contributed by atoms with Crippen molar-refractivity contribution in [3.8, 4) is 5.75 Å². The molecule has 10 heteroatoms. The van der Waals surface area contributed by atoms with Gasteiger partial charge in [0.25, 0.3) is 0 Å². The van der Waals surface area contributed by atoms with Crippen molar-refractivity contribution in [2.24, 2.45) is 0 Å². The quantitative estimate of drug-likeness (QED) is 0.473. The highest BCUT2D eigenvalue weighted by Crippen LogP contribution is 2.21. The van der Waals surface area contributed by atoms with Gasteiger partial charge in [-0.25, -0.2) is 13.1 Å². The van der Waals surface area contributed by atoms with Gasteiger partial charge < -0.3 is 19.9 Å². The summed E-state index contributed by atoms with van der Waals surface area (Å²) in [6.07, 6.45) is 1.83. The van der Waals surface area contributed by atoms with Crippen LogP contribution in [0.15, 0.2) is 65.6 Å². The Morgan fingerprint density at radius 3 is 2.62 bits per heavy atom. The van der Waals surface area contributed by atoms with Gasteiger partial charge in [-0.05, 0) is 29.8 Å². The maximum Gasteiger partial charge on any atom is 0.241 e. The highest BCUT2D eigenvalue weighted by molar-refractivity contribution is 7.89. The van der Waals surface area contributed by atoms with Crippen LogP contribution >= 0.6 is 11.6 Å². The summed E-state index contributed by atoms with van der Waals surface area (Å²) in [7, 11) is -2.43. The molecule has 8 nitrogen and oxygen atoms in total. The first kappa shape index (κ1) is 24.2. The number of carbonyl (C=O) groups excluding carboxylic acids is 1. The van der Waals surface area contributed by atoms with Crippen molar-refractivity contribution in [3.63, 3.8) is 0 Å². The minimum atomic E-state index is -3.88. The molecule has 0 saturated heterocycles. The third kappa shape index (κ3) is 6.54. The molecule has 0 saturated carbocycles. The maximum atomic E-state index is 12.7. The fraction of sp³-hybridized carbons (Fsp3) is 0.318.